The standard InChI is InChI=1S/C19H15N3O3S/c1-11-2-4-13(5-3-11)26(24,25)22-9-7-14-16-15-12(6-8-20-16)10-21-17(15)19(23)18(14)22/h2-5,7,9-10,21H,6,8H2,1H3. The van der Waals surface area contributed by atoms with Crippen molar-refractivity contribution in [2.45, 2.75) is 18.2 Å². The van der Waals surface area contributed by atoms with Gasteiger partial charge in [0.1, 0.15) is 5.69 Å². The second kappa shape index (κ2) is 5.04. The van der Waals surface area contributed by atoms with E-state index in [1.807, 2.05) is 13.1 Å². The number of H-pyrrole nitrogens is 1. The molecule has 26 heavy (non-hydrogen) atoms. The van der Waals surface area contributed by atoms with Crippen molar-refractivity contribution in [2.24, 2.45) is 4.99 Å². The van der Waals surface area contributed by atoms with Gasteiger partial charge >= 0.3 is 0 Å². The number of hydrogen-bond donors (Lipinski definition) is 1. The summed E-state index contributed by atoms with van der Waals surface area (Å²) in [5.74, 6) is -0.317. The average Bonchev–Trinajstić information content (AvgIpc) is 3.26. The predicted octanol–water partition coefficient (Wildman–Crippen LogP) is 2.30. The molecule has 7 heteroatoms. The maximum Gasteiger partial charge on any atom is 0.268 e. The number of nitrogens with one attached hydrogen (secondary N) is 1. The Labute approximate surface area is 150 Å². The fraction of sp³-hybridized carbons (Fsp3) is 0.158. The molecule has 1 N–H and O–H groups in total. The van der Waals surface area contributed by atoms with E-state index in [0.717, 1.165) is 27.1 Å². The summed E-state index contributed by atoms with van der Waals surface area (Å²) in [5, 5.41) is 0. The number of carbonyl (C=O) groups excluding carboxylic acids is 1. The van der Waals surface area contributed by atoms with Crippen LogP contribution in [0.25, 0.3) is 0 Å². The molecule has 0 spiro atoms. The van der Waals surface area contributed by atoms with Crippen molar-refractivity contribution in [1.29, 1.82) is 0 Å². The van der Waals surface area contributed by atoms with Crippen molar-refractivity contribution in [3.63, 3.8) is 0 Å². The first-order valence-electron chi connectivity index (χ1n) is 8.32. The van der Waals surface area contributed by atoms with E-state index < -0.39 is 10.0 Å². The molecule has 1 aromatic carbocycles. The molecule has 3 heterocycles. The molecule has 0 fully saturated rings. The maximum absolute atomic E-state index is 13.1. The Morgan fingerprint density at radius 2 is 1.92 bits per heavy atom. The fourth-order valence-electron chi connectivity index (χ4n) is 3.67. The number of fused-ring (bicyclic) bond motifs is 2. The minimum atomic E-state index is -3.87. The lowest BCUT2D eigenvalue weighted by Crippen LogP contribution is -2.27. The van der Waals surface area contributed by atoms with E-state index in [1.165, 1.54) is 6.20 Å². The van der Waals surface area contributed by atoms with Crippen molar-refractivity contribution in [3.05, 3.63) is 76.4 Å². The number of nitrogens with zero attached hydrogens (tertiary/aromatic N) is 2. The van der Waals surface area contributed by atoms with Crippen molar-refractivity contribution in [2.75, 3.05) is 6.54 Å². The number of carbonyl (C=O) groups is 1. The molecule has 0 bridgehead atoms. The van der Waals surface area contributed by atoms with Gasteiger partial charge in [0, 0.05) is 30.1 Å². The number of benzene rings is 1. The molecule has 1 aliphatic heterocycles. The molecule has 0 saturated carbocycles. The first-order chi connectivity index (χ1) is 12.5. The highest BCUT2D eigenvalue weighted by molar-refractivity contribution is 7.90. The van der Waals surface area contributed by atoms with Crippen LogP contribution in [0.1, 0.15) is 38.4 Å². The zero-order chi connectivity index (χ0) is 18.1. The molecule has 0 atom stereocenters. The van der Waals surface area contributed by atoms with Crippen molar-refractivity contribution < 1.29 is 13.2 Å². The SMILES string of the molecule is Cc1ccc(S(=O)(=O)n2ccc3c2C(=O)c2[nH]cc4c2C3=NCC4)cc1. The summed E-state index contributed by atoms with van der Waals surface area (Å²) >= 11 is 0. The largest absolute Gasteiger partial charge is 0.358 e. The van der Waals surface area contributed by atoms with Gasteiger partial charge in [-0.05, 0) is 37.1 Å². The molecule has 3 aromatic rings. The topological polar surface area (TPSA) is 84.3 Å². The van der Waals surface area contributed by atoms with E-state index in [1.54, 1.807) is 30.3 Å². The maximum atomic E-state index is 13.1. The van der Waals surface area contributed by atoms with Gasteiger partial charge in [0.05, 0.1) is 16.3 Å². The van der Waals surface area contributed by atoms with E-state index in [2.05, 4.69) is 9.98 Å². The van der Waals surface area contributed by atoms with E-state index in [9.17, 15) is 13.2 Å². The minimum Gasteiger partial charge on any atom is -0.358 e. The van der Waals surface area contributed by atoms with Crippen LogP contribution >= 0.6 is 0 Å². The lowest BCUT2D eigenvalue weighted by atomic mass is 9.88. The molecule has 6 nitrogen and oxygen atoms in total. The molecule has 5 rings (SSSR count). The highest BCUT2D eigenvalue weighted by Gasteiger charge is 2.37. The Hall–Kier alpha value is -2.93. The second-order valence-electron chi connectivity index (χ2n) is 6.57. The predicted molar refractivity (Wildman–Crippen MR) is 96.6 cm³/mol. The molecular formula is C19H15N3O3S. The van der Waals surface area contributed by atoms with Crippen LogP contribution in [-0.4, -0.2) is 35.4 Å². The minimum absolute atomic E-state index is 0.145. The summed E-state index contributed by atoms with van der Waals surface area (Å²) in [5.41, 5.74) is 4.69. The fourth-order valence-corrected chi connectivity index (χ4v) is 5.02. The van der Waals surface area contributed by atoms with E-state index in [-0.39, 0.29) is 16.4 Å². The van der Waals surface area contributed by atoms with Crippen molar-refractivity contribution in [3.8, 4) is 0 Å². The third kappa shape index (κ3) is 1.89. The van der Waals surface area contributed by atoms with Crippen LogP contribution in [0.4, 0.5) is 0 Å². The number of hydrogen-bond acceptors (Lipinski definition) is 4. The third-order valence-corrected chi connectivity index (χ3v) is 6.67. The Morgan fingerprint density at radius 1 is 1.15 bits per heavy atom. The number of aliphatic imine (C=N–C) groups is 1. The molecule has 0 amide bonds. The quantitative estimate of drug-likeness (QED) is 0.591. The van der Waals surface area contributed by atoms with Crippen molar-refractivity contribution >= 4 is 21.5 Å². The van der Waals surface area contributed by atoms with Gasteiger partial charge in [0.25, 0.3) is 10.0 Å². The zero-order valence-electron chi connectivity index (χ0n) is 14.0. The van der Waals surface area contributed by atoms with Crippen LogP contribution in [0.15, 0.2) is 52.6 Å². The van der Waals surface area contributed by atoms with Crippen LogP contribution < -0.4 is 0 Å². The summed E-state index contributed by atoms with van der Waals surface area (Å²) in [7, 11) is -3.87. The van der Waals surface area contributed by atoms with Crippen LogP contribution in [0.2, 0.25) is 0 Å². The first-order valence-corrected chi connectivity index (χ1v) is 9.76. The van der Waals surface area contributed by atoms with E-state index in [0.29, 0.717) is 23.5 Å². The summed E-state index contributed by atoms with van der Waals surface area (Å²) in [6.45, 7) is 2.52. The Bertz CT molecular complexity index is 1210. The average molecular weight is 365 g/mol. The highest BCUT2D eigenvalue weighted by Crippen LogP contribution is 2.34. The molecule has 1 aliphatic carbocycles. The summed E-state index contributed by atoms with van der Waals surface area (Å²) in [6.07, 6.45) is 4.04. The molecule has 130 valence electrons. The lowest BCUT2D eigenvalue weighted by molar-refractivity contribution is 0.102. The number of aromatic amines is 1. The number of aryl methyl sites for hydroxylation is 1. The molecule has 0 unspecified atom stereocenters. The van der Waals surface area contributed by atoms with Crippen LogP contribution in [0.3, 0.4) is 0 Å². The number of ketones is 1. The van der Waals surface area contributed by atoms with Gasteiger partial charge in [-0.3, -0.25) is 9.79 Å². The van der Waals surface area contributed by atoms with Gasteiger partial charge in [0.2, 0.25) is 5.78 Å². The van der Waals surface area contributed by atoms with Crippen LogP contribution in [0.5, 0.6) is 0 Å². The lowest BCUT2D eigenvalue weighted by Gasteiger charge is -2.21. The smallest absolute Gasteiger partial charge is 0.268 e. The zero-order valence-corrected chi connectivity index (χ0v) is 14.8. The van der Waals surface area contributed by atoms with Gasteiger partial charge < -0.3 is 4.98 Å². The number of rotatable bonds is 2. The van der Waals surface area contributed by atoms with E-state index in [4.69, 9.17) is 0 Å². The monoisotopic (exact) mass is 365 g/mol. The van der Waals surface area contributed by atoms with Gasteiger partial charge in [-0.2, -0.15) is 0 Å². The summed E-state index contributed by atoms with van der Waals surface area (Å²) < 4.78 is 27.3. The molecular weight excluding hydrogens is 350 g/mol. The normalized spacial score (nSPS) is 15.4. The molecule has 2 aliphatic rings. The van der Waals surface area contributed by atoms with Crippen molar-refractivity contribution in [1.82, 2.24) is 8.96 Å². The highest BCUT2D eigenvalue weighted by atomic mass is 32.2. The van der Waals surface area contributed by atoms with Gasteiger partial charge in [-0.1, -0.05) is 17.7 Å². The summed E-state index contributed by atoms with van der Waals surface area (Å²) in [6, 6.07) is 8.26. The number of aromatic nitrogens is 2. The first kappa shape index (κ1) is 15.3. The van der Waals surface area contributed by atoms with Crippen LogP contribution in [-0.2, 0) is 16.4 Å². The van der Waals surface area contributed by atoms with Crippen LogP contribution in [0, 0.1) is 6.92 Å². The molecule has 0 saturated heterocycles. The molecule has 0 radical (unpaired) electrons. The Balaban J connectivity index is 1.74. The summed E-state index contributed by atoms with van der Waals surface area (Å²) in [4.78, 5) is 20.8. The van der Waals surface area contributed by atoms with Gasteiger partial charge in [0.15, 0.2) is 0 Å². The van der Waals surface area contributed by atoms with E-state index >= 15 is 0 Å². The molecule has 2 aromatic heterocycles. The Morgan fingerprint density at radius 3 is 2.69 bits per heavy atom. The third-order valence-electron chi connectivity index (χ3n) is 4.98. The Kier molecular flexibility index (Phi) is 2.98. The second-order valence-corrected chi connectivity index (χ2v) is 8.38. The van der Waals surface area contributed by atoms with Gasteiger partial charge in [-0.15, -0.1) is 0 Å². The van der Waals surface area contributed by atoms with Gasteiger partial charge in [-0.25, -0.2) is 12.4 Å².